The first-order chi connectivity index (χ1) is 11.3. The Hall–Kier alpha value is -2.17. The average molecular weight is 344 g/mol. The second-order valence-corrected chi connectivity index (χ2v) is 8.18. The molecule has 2 heterocycles. The van der Waals surface area contributed by atoms with Crippen LogP contribution in [0.5, 0.6) is 0 Å². The van der Waals surface area contributed by atoms with Crippen LogP contribution in [-0.4, -0.2) is 50.1 Å². The average Bonchev–Trinajstić information content (AvgIpc) is 2.56. The van der Waals surface area contributed by atoms with Crippen molar-refractivity contribution in [3.05, 3.63) is 34.9 Å². The molecule has 1 aliphatic heterocycles. The first-order valence-corrected chi connectivity index (χ1v) is 9.67. The number of aromatic nitrogens is 1. The quantitative estimate of drug-likeness (QED) is 0.830. The number of anilines is 1. The molecule has 7 heteroatoms. The molecule has 1 fully saturated rings. The lowest BCUT2D eigenvalue weighted by atomic mass is 10.0. The predicted octanol–water partition coefficient (Wildman–Crippen LogP) is 1.80. The summed E-state index contributed by atoms with van der Waals surface area (Å²) >= 11 is 0. The monoisotopic (exact) mass is 344 g/mol. The van der Waals surface area contributed by atoms with Crippen molar-refractivity contribution in [1.29, 1.82) is 5.26 Å². The molecule has 1 saturated heterocycles. The Morgan fingerprint density at radius 3 is 2.42 bits per heavy atom. The third kappa shape index (κ3) is 2.95. The van der Waals surface area contributed by atoms with Crippen LogP contribution in [0, 0.1) is 25.2 Å². The fourth-order valence-corrected chi connectivity index (χ4v) is 3.85. The minimum Gasteiger partial charge on any atom is -0.353 e. The molecule has 0 amide bonds. The Bertz CT molecular complexity index is 939. The number of hydrogen-bond donors (Lipinski definition) is 0. The van der Waals surface area contributed by atoms with Gasteiger partial charge in [-0.25, -0.2) is 13.4 Å². The summed E-state index contributed by atoms with van der Waals surface area (Å²) in [5, 5.41) is 10.4. The molecular weight excluding hydrogens is 324 g/mol. The molecule has 0 aliphatic carbocycles. The van der Waals surface area contributed by atoms with Crippen molar-refractivity contribution >= 4 is 26.7 Å². The van der Waals surface area contributed by atoms with E-state index in [1.165, 1.54) is 10.6 Å². The maximum atomic E-state index is 11.6. The zero-order chi connectivity index (χ0) is 17.5. The lowest BCUT2D eigenvalue weighted by Crippen LogP contribution is -2.48. The predicted molar refractivity (Wildman–Crippen MR) is 94.6 cm³/mol. The zero-order valence-corrected chi connectivity index (χ0v) is 14.9. The van der Waals surface area contributed by atoms with Crippen molar-refractivity contribution in [3.8, 4) is 6.07 Å². The molecule has 0 radical (unpaired) electrons. The van der Waals surface area contributed by atoms with Crippen LogP contribution in [-0.2, 0) is 10.0 Å². The number of fused-ring (bicyclic) bond motifs is 1. The highest BCUT2D eigenvalue weighted by Crippen LogP contribution is 2.27. The molecule has 0 saturated carbocycles. The maximum Gasteiger partial charge on any atom is 0.211 e. The molecule has 1 aromatic heterocycles. The Balaban J connectivity index is 2.00. The van der Waals surface area contributed by atoms with E-state index >= 15 is 0 Å². The van der Waals surface area contributed by atoms with Crippen LogP contribution in [0.2, 0.25) is 0 Å². The molecule has 3 rings (SSSR count). The third-order valence-electron chi connectivity index (χ3n) is 4.62. The molecule has 0 bridgehead atoms. The van der Waals surface area contributed by atoms with E-state index in [0.717, 1.165) is 22.0 Å². The molecule has 6 nitrogen and oxygen atoms in total. The molecule has 0 unspecified atom stereocenters. The van der Waals surface area contributed by atoms with Gasteiger partial charge < -0.3 is 4.90 Å². The Morgan fingerprint density at radius 1 is 1.17 bits per heavy atom. The highest BCUT2D eigenvalue weighted by molar-refractivity contribution is 7.88. The lowest BCUT2D eigenvalue weighted by Gasteiger charge is -2.34. The van der Waals surface area contributed by atoms with Gasteiger partial charge in [0, 0.05) is 31.6 Å². The van der Waals surface area contributed by atoms with Crippen LogP contribution in [0.25, 0.3) is 10.9 Å². The van der Waals surface area contributed by atoms with Crippen molar-refractivity contribution in [3.63, 3.8) is 0 Å². The van der Waals surface area contributed by atoms with Crippen molar-refractivity contribution in [1.82, 2.24) is 9.29 Å². The van der Waals surface area contributed by atoms with E-state index in [1.54, 1.807) is 0 Å². The standard InChI is InChI=1S/C17H20N4O2S/c1-12-4-5-14-10-15(11-18)17(19-16(14)13(12)2)20-6-8-21(9-7-20)24(3,22)23/h4-5,10H,6-9H2,1-3H3. The van der Waals surface area contributed by atoms with E-state index < -0.39 is 10.0 Å². The first kappa shape index (κ1) is 16.7. The summed E-state index contributed by atoms with van der Waals surface area (Å²) < 4.78 is 24.8. The van der Waals surface area contributed by atoms with E-state index in [9.17, 15) is 13.7 Å². The topological polar surface area (TPSA) is 77.3 Å². The molecule has 126 valence electrons. The summed E-state index contributed by atoms with van der Waals surface area (Å²) in [5.41, 5.74) is 3.69. The van der Waals surface area contributed by atoms with Crippen molar-refractivity contribution in [2.24, 2.45) is 0 Å². The van der Waals surface area contributed by atoms with Crippen LogP contribution < -0.4 is 4.90 Å². The van der Waals surface area contributed by atoms with Gasteiger partial charge in [-0.3, -0.25) is 0 Å². The summed E-state index contributed by atoms with van der Waals surface area (Å²) in [6.07, 6.45) is 1.23. The molecule has 1 aliphatic rings. The van der Waals surface area contributed by atoms with Crippen LogP contribution in [0.15, 0.2) is 18.2 Å². The Morgan fingerprint density at radius 2 is 1.83 bits per heavy atom. The number of rotatable bonds is 2. The highest BCUT2D eigenvalue weighted by Gasteiger charge is 2.25. The molecule has 0 N–H and O–H groups in total. The molecule has 0 atom stereocenters. The van der Waals surface area contributed by atoms with Crippen LogP contribution >= 0.6 is 0 Å². The van der Waals surface area contributed by atoms with Gasteiger partial charge in [-0.2, -0.15) is 9.57 Å². The third-order valence-corrected chi connectivity index (χ3v) is 5.92. The van der Waals surface area contributed by atoms with E-state index in [-0.39, 0.29) is 0 Å². The van der Waals surface area contributed by atoms with Crippen molar-refractivity contribution < 1.29 is 8.42 Å². The van der Waals surface area contributed by atoms with Gasteiger partial charge in [-0.1, -0.05) is 12.1 Å². The summed E-state index contributed by atoms with van der Waals surface area (Å²) in [7, 11) is -3.17. The molecule has 24 heavy (non-hydrogen) atoms. The van der Waals surface area contributed by atoms with Crippen LogP contribution in [0.4, 0.5) is 5.82 Å². The van der Waals surface area contributed by atoms with Crippen LogP contribution in [0.3, 0.4) is 0 Å². The summed E-state index contributed by atoms with van der Waals surface area (Å²) in [6.45, 7) is 5.96. The molecule has 2 aromatic rings. The van der Waals surface area contributed by atoms with E-state index in [0.29, 0.717) is 37.6 Å². The van der Waals surface area contributed by atoms with Gasteiger partial charge in [0.05, 0.1) is 17.3 Å². The Labute approximate surface area is 142 Å². The number of pyridine rings is 1. The first-order valence-electron chi connectivity index (χ1n) is 7.82. The van der Waals surface area contributed by atoms with E-state index in [2.05, 4.69) is 6.07 Å². The number of benzene rings is 1. The van der Waals surface area contributed by atoms with E-state index in [4.69, 9.17) is 4.98 Å². The van der Waals surface area contributed by atoms with Gasteiger partial charge in [0.1, 0.15) is 11.9 Å². The number of hydrogen-bond acceptors (Lipinski definition) is 5. The zero-order valence-electron chi connectivity index (χ0n) is 14.1. The second kappa shape index (κ2) is 6.04. The molecular formula is C17H20N4O2S. The van der Waals surface area contributed by atoms with Gasteiger partial charge in [0.2, 0.25) is 10.0 Å². The number of aryl methyl sites for hydroxylation is 2. The van der Waals surface area contributed by atoms with Gasteiger partial charge in [0.15, 0.2) is 0 Å². The molecule has 1 aromatic carbocycles. The minimum absolute atomic E-state index is 0.413. The summed E-state index contributed by atoms with van der Waals surface area (Å²) in [6, 6.07) is 8.11. The van der Waals surface area contributed by atoms with E-state index in [1.807, 2.05) is 36.9 Å². The summed E-state index contributed by atoms with van der Waals surface area (Å²) in [4.78, 5) is 6.75. The SMILES string of the molecule is Cc1ccc2cc(C#N)c(N3CCN(S(C)(=O)=O)CC3)nc2c1C. The lowest BCUT2D eigenvalue weighted by molar-refractivity contribution is 0.387. The summed E-state index contributed by atoms with van der Waals surface area (Å²) in [5.74, 6) is 0.645. The van der Waals surface area contributed by atoms with Gasteiger partial charge >= 0.3 is 0 Å². The number of nitrogens with zero attached hydrogens (tertiary/aromatic N) is 4. The normalized spacial score (nSPS) is 16.3. The van der Waals surface area contributed by atoms with Gasteiger partial charge in [-0.15, -0.1) is 0 Å². The number of piperazine rings is 1. The van der Waals surface area contributed by atoms with Crippen LogP contribution in [0.1, 0.15) is 16.7 Å². The van der Waals surface area contributed by atoms with Crippen molar-refractivity contribution in [2.45, 2.75) is 13.8 Å². The fraction of sp³-hybridized carbons (Fsp3) is 0.412. The largest absolute Gasteiger partial charge is 0.353 e. The minimum atomic E-state index is -3.17. The number of sulfonamides is 1. The maximum absolute atomic E-state index is 11.6. The number of nitriles is 1. The fourth-order valence-electron chi connectivity index (χ4n) is 3.03. The highest BCUT2D eigenvalue weighted by atomic mass is 32.2. The van der Waals surface area contributed by atoms with Crippen molar-refractivity contribution in [2.75, 3.05) is 37.3 Å². The smallest absolute Gasteiger partial charge is 0.211 e. The molecule has 0 spiro atoms. The van der Waals surface area contributed by atoms with Gasteiger partial charge in [-0.05, 0) is 31.0 Å². The van der Waals surface area contributed by atoms with Gasteiger partial charge in [0.25, 0.3) is 0 Å². The second-order valence-electron chi connectivity index (χ2n) is 6.20. The Kier molecular flexibility index (Phi) is 4.20.